The van der Waals surface area contributed by atoms with Crippen molar-refractivity contribution in [1.82, 2.24) is 24.6 Å². The molecule has 0 saturated heterocycles. The number of amides is 1. The zero-order chi connectivity index (χ0) is 13.3. The predicted molar refractivity (Wildman–Crippen MR) is 67.3 cm³/mol. The van der Waals surface area contributed by atoms with E-state index in [2.05, 4.69) is 15.4 Å². The van der Waals surface area contributed by atoms with Crippen molar-refractivity contribution in [3.05, 3.63) is 35.1 Å². The van der Waals surface area contributed by atoms with E-state index < -0.39 is 0 Å². The highest BCUT2D eigenvalue weighted by Gasteiger charge is 2.17. The minimum Gasteiger partial charge on any atom is -0.345 e. The standard InChI is InChI=1S/C11H14ClN5O/c1-7(10-13-6-14-17(10)3)15-11(18)9-4-8(12)5-16(9)2/h4-7H,1-3H3,(H,15,18). The van der Waals surface area contributed by atoms with Crippen molar-refractivity contribution >= 4 is 17.5 Å². The van der Waals surface area contributed by atoms with Gasteiger partial charge < -0.3 is 9.88 Å². The molecule has 2 rings (SSSR count). The lowest BCUT2D eigenvalue weighted by atomic mass is 10.3. The molecule has 0 aromatic carbocycles. The minimum absolute atomic E-state index is 0.195. The number of nitrogens with zero attached hydrogens (tertiary/aromatic N) is 4. The number of halogens is 1. The Morgan fingerprint density at radius 3 is 2.72 bits per heavy atom. The first-order valence-electron chi connectivity index (χ1n) is 5.45. The normalized spacial score (nSPS) is 12.4. The van der Waals surface area contributed by atoms with Gasteiger partial charge >= 0.3 is 0 Å². The number of aromatic nitrogens is 4. The Morgan fingerprint density at radius 2 is 2.22 bits per heavy atom. The smallest absolute Gasteiger partial charge is 0.268 e. The molecule has 2 aromatic rings. The average molecular weight is 268 g/mol. The van der Waals surface area contributed by atoms with Gasteiger partial charge in [0.25, 0.3) is 5.91 Å². The monoisotopic (exact) mass is 267 g/mol. The first-order valence-corrected chi connectivity index (χ1v) is 5.83. The van der Waals surface area contributed by atoms with Gasteiger partial charge in [0, 0.05) is 20.3 Å². The summed E-state index contributed by atoms with van der Waals surface area (Å²) in [6, 6.07) is 1.40. The maximum atomic E-state index is 12.0. The molecule has 18 heavy (non-hydrogen) atoms. The number of carbonyl (C=O) groups excluding carboxylic acids is 1. The van der Waals surface area contributed by atoms with Crippen molar-refractivity contribution in [2.45, 2.75) is 13.0 Å². The molecule has 2 aromatic heterocycles. The van der Waals surface area contributed by atoms with E-state index in [1.807, 2.05) is 6.92 Å². The molecule has 7 heteroatoms. The second-order valence-corrected chi connectivity index (χ2v) is 4.53. The molecule has 0 fully saturated rings. The summed E-state index contributed by atoms with van der Waals surface area (Å²) in [5, 5.41) is 7.36. The molecule has 1 unspecified atom stereocenters. The summed E-state index contributed by atoms with van der Waals surface area (Å²) in [5.41, 5.74) is 0.508. The number of hydrogen-bond donors (Lipinski definition) is 1. The van der Waals surface area contributed by atoms with Crippen molar-refractivity contribution in [3.8, 4) is 0 Å². The third-order valence-electron chi connectivity index (χ3n) is 2.69. The van der Waals surface area contributed by atoms with Crippen molar-refractivity contribution < 1.29 is 4.79 Å². The summed E-state index contributed by atoms with van der Waals surface area (Å²) in [7, 11) is 3.55. The van der Waals surface area contributed by atoms with Gasteiger partial charge in [-0.1, -0.05) is 11.6 Å². The molecule has 0 bridgehead atoms. The van der Waals surface area contributed by atoms with E-state index in [4.69, 9.17) is 11.6 Å². The number of hydrogen-bond acceptors (Lipinski definition) is 3. The molecular formula is C11H14ClN5O. The van der Waals surface area contributed by atoms with Crippen LogP contribution in [0.5, 0.6) is 0 Å². The molecule has 2 heterocycles. The topological polar surface area (TPSA) is 64.7 Å². The largest absolute Gasteiger partial charge is 0.345 e. The summed E-state index contributed by atoms with van der Waals surface area (Å²) in [5.74, 6) is 0.503. The van der Waals surface area contributed by atoms with E-state index in [0.717, 1.165) is 0 Å². The number of carbonyl (C=O) groups is 1. The molecule has 0 aliphatic rings. The predicted octanol–water partition coefficient (Wildman–Crippen LogP) is 1.30. The third-order valence-corrected chi connectivity index (χ3v) is 2.89. The Hall–Kier alpha value is -1.82. The van der Waals surface area contributed by atoms with Crippen molar-refractivity contribution in [2.75, 3.05) is 0 Å². The lowest BCUT2D eigenvalue weighted by molar-refractivity contribution is 0.0929. The molecule has 1 N–H and O–H groups in total. The molecule has 0 aliphatic heterocycles. The van der Waals surface area contributed by atoms with E-state index in [1.165, 1.54) is 6.33 Å². The van der Waals surface area contributed by atoms with E-state index in [1.54, 1.807) is 35.6 Å². The van der Waals surface area contributed by atoms with Crippen LogP contribution in [0, 0.1) is 0 Å². The highest BCUT2D eigenvalue weighted by atomic mass is 35.5. The van der Waals surface area contributed by atoms with Gasteiger partial charge in [-0.05, 0) is 13.0 Å². The van der Waals surface area contributed by atoms with Crippen LogP contribution in [0.1, 0.15) is 29.3 Å². The Morgan fingerprint density at radius 1 is 1.50 bits per heavy atom. The maximum Gasteiger partial charge on any atom is 0.268 e. The number of aryl methyl sites for hydroxylation is 2. The fraction of sp³-hybridized carbons (Fsp3) is 0.364. The van der Waals surface area contributed by atoms with Gasteiger partial charge in [-0.3, -0.25) is 9.48 Å². The highest BCUT2D eigenvalue weighted by molar-refractivity contribution is 6.31. The van der Waals surface area contributed by atoms with Crippen molar-refractivity contribution in [3.63, 3.8) is 0 Å². The second kappa shape index (κ2) is 4.81. The Balaban J connectivity index is 2.13. The third kappa shape index (κ3) is 2.38. The average Bonchev–Trinajstić information content (AvgIpc) is 2.84. The van der Waals surface area contributed by atoms with Gasteiger partial charge in [-0.25, -0.2) is 4.98 Å². The van der Waals surface area contributed by atoms with Gasteiger partial charge in [0.15, 0.2) is 0 Å². The first-order chi connectivity index (χ1) is 8.49. The number of rotatable bonds is 3. The Kier molecular flexibility index (Phi) is 3.38. The van der Waals surface area contributed by atoms with Gasteiger partial charge in [0.2, 0.25) is 0 Å². The maximum absolute atomic E-state index is 12.0. The Bertz CT molecular complexity index is 574. The van der Waals surface area contributed by atoms with Gasteiger partial charge in [-0.15, -0.1) is 0 Å². The molecule has 0 spiro atoms. The zero-order valence-corrected chi connectivity index (χ0v) is 11.1. The highest BCUT2D eigenvalue weighted by Crippen LogP contribution is 2.14. The Labute approximate surface area is 110 Å². The summed E-state index contributed by atoms with van der Waals surface area (Å²) in [6.07, 6.45) is 3.14. The number of nitrogens with one attached hydrogen (secondary N) is 1. The van der Waals surface area contributed by atoms with E-state index >= 15 is 0 Å². The summed E-state index contributed by atoms with van der Waals surface area (Å²) in [6.45, 7) is 1.85. The van der Waals surface area contributed by atoms with Crippen LogP contribution < -0.4 is 5.32 Å². The fourth-order valence-electron chi connectivity index (χ4n) is 1.78. The van der Waals surface area contributed by atoms with Crippen LogP contribution in [0.4, 0.5) is 0 Å². The SMILES string of the molecule is CC(NC(=O)c1cc(Cl)cn1C)c1ncnn1C. The molecule has 0 saturated carbocycles. The van der Waals surface area contributed by atoms with E-state index in [0.29, 0.717) is 16.5 Å². The van der Waals surface area contributed by atoms with Crippen molar-refractivity contribution in [1.29, 1.82) is 0 Å². The first kappa shape index (κ1) is 12.6. The molecule has 96 valence electrons. The van der Waals surface area contributed by atoms with Crippen LogP contribution in [0.25, 0.3) is 0 Å². The van der Waals surface area contributed by atoms with E-state index in [-0.39, 0.29) is 11.9 Å². The summed E-state index contributed by atoms with van der Waals surface area (Å²) < 4.78 is 3.31. The molecule has 1 atom stereocenters. The van der Waals surface area contributed by atoms with Gasteiger partial charge in [0.1, 0.15) is 17.8 Å². The molecule has 6 nitrogen and oxygen atoms in total. The summed E-state index contributed by atoms with van der Waals surface area (Å²) in [4.78, 5) is 16.1. The molecule has 1 amide bonds. The minimum atomic E-state index is -0.223. The van der Waals surface area contributed by atoms with Crippen LogP contribution in [-0.4, -0.2) is 25.2 Å². The van der Waals surface area contributed by atoms with Crippen LogP contribution in [0.15, 0.2) is 18.6 Å². The van der Waals surface area contributed by atoms with Gasteiger partial charge in [0.05, 0.1) is 11.1 Å². The lowest BCUT2D eigenvalue weighted by Crippen LogP contribution is -2.29. The molecule has 0 aliphatic carbocycles. The second-order valence-electron chi connectivity index (χ2n) is 4.09. The molecular weight excluding hydrogens is 254 g/mol. The van der Waals surface area contributed by atoms with Crippen LogP contribution in [0.3, 0.4) is 0 Å². The zero-order valence-electron chi connectivity index (χ0n) is 10.4. The van der Waals surface area contributed by atoms with Crippen LogP contribution in [-0.2, 0) is 14.1 Å². The summed E-state index contributed by atoms with van der Waals surface area (Å²) >= 11 is 5.84. The van der Waals surface area contributed by atoms with E-state index in [9.17, 15) is 4.79 Å². The molecule has 0 radical (unpaired) electrons. The van der Waals surface area contributed by atoms with Crippen LogP contribution in [0.2, 0.25) is 5.02 Å². The van der Waals surface area contributed by atoms with Crippen LogP contribution >= 0.6 is 11.6 Å². The lowest BCUT2D eigenvalue weighted by Gasteiger charge is -2.13. The van der Waals surface area contributed by atoms with Gasteiger partial charge in [-0.2, -0.15) is 5.10 Å². The fourth-order valence-corrected chi connectivity index (χ4v) is 2.03. The quantitative estimate of drug-likeness (QED) is 0.912. The van der Waals surface area contributed by atoms with Crippen molar-refractivity contribution in [2.24, 2.45) is 14.1 Å².